The lowest BCUT2D eigenvalue weighted by Gasteiger charge is -2.11. The highest BCUT2D eigenvalue weighted by molar-refractivity contribution is 5.95. The van der Waals surface area contributed by atoms with Crippen LogP contribution in [0.25, 0.3) is 11.3 Å². The van der Waals surface area contributed by atoms with Gasteiger partial charge in [0.05, 0.1) is 24.9 Å². The first-order chi connectivity index (χ1) is 10.5. The molecular formula is C14H14N4O4. The molecule has 3 heterocycles. The van der Waals surface area contributed by atoms with E-state index >= 15 is 0 Å². The van der Waals surface area contributed by atoms with E-state index in [1.807, 2.05) is 13.8 Å². The van der Waals surface area contributed by atoms with Gasteiger partial charge < -0.3 is 13.8 Å². The molecule has 0 unspecified atom stereocenters. The third-order valence-corrected chi connectivity index (χ3v) is 3.54. The molecule has 114 valence electrons. The molecule has 3 rings (SSSR count). The Morgan fingerprint density at radius 2 is 2.18 bits per heavy atom. The number of pyridine rings is 1. The second-order valence-electron chi connectivity index (χ2n) is 4.95. The van der Waals surface area contributed by atoms with E-state index in [4.69, 9.17) is 9.26 Å². The molecule has 1 aromatic rings. The van der Waals surface area contributed by atoms with Gasteiger partial charge in [0.15, 0.2) is 0 Å². The zero-order chi connectivity index (χ0) is 15.9. The summed E-state index contributed by atoms with van der Waals surface area (Å²) in [7, 11) is 1.28. The van der Waals surface area contributed by atoms with Crippen molar-refractivity contribution in [1.82, 2.24) is 19.9 Å². The zero-order valence-corrected chi connectivity index (χ0v) is 12.3. The molecule has 0 bridgehead atoms. The van der Waals surface area contributed by atoms with E-state index in [2.05, 4.69) is 15.4 Å². The summed E-state index contributed by atoms with van der Waals surface area (Å²) >= 11 is 0. The first-order valence-corrected chi connectivity index (χ1v) is 6.59. The highest BCUT2D eigenvalue weighted by Gasteiger charge is 2.22. The third-order valence-electron chi connectivity index (χ3n) is 3.54. The van der Waals surface area contributed by atoms with Gasteiger partial charge >= 0.3 is 5.97 Å². The summed E-state index contributed by atoms with van der Waals surface area (Å²) in [5, 5.41) is 10.1. The Morgan fingerprint density at radius 1 is 1.41 bits per heavy atom. The summed E-state index contributed by atoms with van der Waals surface area (Å²) < 4.78 is 11.6. The van der Waals surface area contributed by atoms with Crippen LogP contribution in [0.4, 0.5) is 0 Å². The molecular weight excluding hydrogens is 288 g/mol. The fraction of sp³-hybridized carbons (Fsp3) is 0.286. The van der Waals surface area contributed by atoms with Crippen LogP contribution in [0.3, 0.4) is 0 Å². The fourth-order valence-electron chi connectivity index (χ4n) is 2.35. The van der Waals surface area contributed by atoms with Gasteiger partial charge in [0, 0.05) is 18.0 Å². The Hall–Kier alpha value is -2.90. The van der Waals surface area contributed by atoms with Crippen molar-refractivity contribution in [2.75, 3.05) is 7.11 Å². The van der Waals surface area contributed by atoms with Crippen molar-refractivity contribution in [3.05, 3.63) is 45.3 Å². The summed E-state index contributed by atoms with van der Waals surface area (Å²) in [6.45, 7) is 4.07. The molecule has 0 radical (unpaired) electrons. The first-order valence-electron chi connectivity index (χ1n) is 6.59. The Kier molecular flexibility index (Phi) is 3.28. The predicted molar refractivity (Wildman–Crippen MR) is 75.9 cm³/mol. The van der Waals surface area contributed by atoms with Gasteiger partial charge in [-0.1, -0.05) is 5.16 Å². The number of aromatic nitrogens is 4. The number of nitrogens with zero attached hydrogens (tertiary/aromatic N) is 3. The van der Waals surface area contributed by atoms with Crippen LogP contribution in [0.2, 0.25) is 0 Å². The lowest BCUT2D eigenvalue weighted by atomic mass is 10.1. The second kappa shape index (κ2) is 5.14. The highest BCUT2D eigenvalue weighted by atomic mass is 16.5. The standard InChI is InChI=1S/C14H14N4O4/c1-7-9(8(2)22-17-7)4-18-5-10-12(15-16-13(10)19)11(6-18)14(20)21-3/h5-6H,4H2,1-3H3,(H,16,19). The Bertz CT molecular complexity index is 854. The summed E-state index contributed by atoms with van der Waals surface area (Å²) in [5.74, 6) is 0.142. The lowest BCUT2D eigenvalue weighted by Crippen LogP contribution is -2.13. The number of aryl methyl sites for hydroxylation is 2. The molecule has 1 N–H and O–H groups in total. The molecule has 0 amide bonds. The summed E-state index contributed by atoms with van der Waals surface area (Å²) in [5.41, 5.74) is 2.16. The van der Waals surface area contributed by atoms with Crippen LogP contribution in [-0.4, -0.2) is 33.0 Å². The van der Waals surface area contributed by atoms with Crippen molar-refractivity contribution in [3.63, 3.8) is 0 Å². The van der Waals surface area contributed by atoms with Crippen molar-refractivity contribution in [2.24, 2.45) is 0 Å². The molecule has 0 fully saturated rings. The van der Waals surface area contributed by atoms with Crippen LogP contribution < -0.4 is 5.56 Å². The van der Waals surface area contributed by atoms with Crippen LogP contribution in [-0.2, 0) is 11.3 Å². The Balaban J connectivity index is 2.14. The molecule has 8 nitrogen and oxygen atoms in total. The van der Waals surface area contributed by atoms with Gasteiger partial charge in [-0.15, -0.1) is 0 Å². The topological polar surface area (TPSA) is 103 Å². The number of H-pyrrole nitrogens is 1. The maximum Gasteiger partial charge on any atom is 0.341 e. The smallest absolute Gasteiger partial charge is 0.341 e. The van der Waals surface area contributed by atoms with Crippen molar-refractivity contribution in [1.29, 1.82) is 0 Å². The molecule has 2 aliphatic rings. The minimum atomic E-state index is -0.551. The van der Waals surface area contributed by atoms with Crippen LogP contribution in [0.1, 0.15) is 27.4 Å². The number of rotatable bonds is 3. The number of aromatic amines is 1. The maximum atomic E-state index is 11.9. The summed E-state index contributed by atoms with van der Waals surface area (Å²) in [6.07, 6.45) is 3.24. The van der Waals surface area contributed by atoms with Crippen molar-refractivity contribution in [3.8, 4) is 11.3 Å². The lowest BCUT2D eigenvalue weighted by molar-refractivity contribution is 0.0600. The normalized spacial score (nSPS) is 11.0. The first kappa shape index (κ1) is 14.1. The van der Waals surface area contributed by atoms with Gasteiger partial charge in [0.25, 0.3) is 5.56 Å². The molecule has 0 spiro atoms. The van der Waals surface area contributed by atoms with E-state index < -0.39 is 5.97 Å². The molecule has 2 aliphatic heterocycles. The van der Waals surface area contributed by atoms with Crippen molar-refractivity contribution >= 4 is 5.97 Å². The van der Waals surface area contributed by atoms with E-state index in [1.54, 1.807) is 17.0 Å². The van der Waals surface area contributed by atoms with Crippen LogP contribution in [0.15, 0.2) is 21.7 Å². The molecule has 0 saturated heterocycles. The van der Waals surface area contributed by atoms with E-state index in [1.165, 1.54) is 7.11 Å². The van der Waals surface area contributed by atoms with E-state index in [-0.39, 0.29) is 11.1 Å². The number of hydrogen-bond acceptors (Lipinski definition) is 6. The SMILES string of the molecule is COC(=O)c1cn(Cc2c(C)noc2C)cc2c(=O)[nH]nc1-2. The number of methoxy groups -OCH3 is 1. The van der Waals surface area contributed by atoms with E-state index in [9.17, 15) is 9.59 Å². The Labute approximate surface area is 125 Å². The van der Waals surface area contributed by atoms with Gasteiger partial charge in [-0.05, 0) is 13.8 Å². The molecule has 1 aromatic heterocycles. The summed E-state index contributed by atoms with van der Waals surface area (Å²) in [4.78, 5) is 23.7. The molecule has 0 aliphatic carbocycles. The average Bonchev–Trinajstić information content (AvgIpc) is 3.03. The van der Waals surface area contributed by atoms with Gasteiger partial charge in [-0.25, -0.2) is 9.89 Å². The number of carbonyl (C=O) groups excluding carboxylic acids is 1. The number of ether oxygens (including phenoxy) is 1. The predicted octanol–water partition coefficient (Wildman–Crippen LogP) is 1.12. The van der Waals surface area contributed by atoms with Crippen molar-refractivity contribution < 1.29 is 14.1 Å². The van der Waals surface area contributed by atoms with Gasteiger partial charge in [0.2, 0.25) is 0 Å². The van der Waals surface area contributed by atoms with E-state index in [0.29, 0.717) is 23.6 Å². The molecule has 22 heavy (non-hydrogen) atoms. The number of nitrogens with one attached hydrogen (secondary N) is 1. The van der Waals surface area contributed by atoms with E-state index in [0.717, 1.165) is 11.3 Å². The number of carbonyl (C=O) groups is 1. The summed E-state index contributed by atoms with van der Waals surface area (Å²) in [6, 6.07) is 0. The number of esters is 1. The van der Waals surface area contributed by atoms with Gasteiger partial charge in [0.1, 0.15) is 17.0 Å². The molecule has 0 saturated carbocycles. The number of fused-ring (bicyclic) bond motifs is 1. The minimum Gasteiger partial charge on any atom is -0.465 e. The Morgan fingerprint density at radius 3 is 2.82 bits per heavy atom. The fourth-order valence-corrected chi connectivity index (χ4v) is 2.35. The molecule has 0 aromatic carbocycles. The van der Waals surface area contributed by atoms with Gasteiger partial charge in [-0.2, -0.15) is 5.10 Å². The second-order valence-corrected chi connectivity index (χ2v) is 4.95. The van der Waals surface area contributed by atoms with Gasteiger partial charge in [-0.3, -0.25) is 4.79 Å². The van der Waals surface area contributed by atoms with Crippen LogP contribution >= 0.6 is 0 Å². The monoisotopic (exact) mass is 302 g/mol. The molecule has 0 atom stereocenters. The molecule has 8 heteroatoms. The van der Waals surface area contributed by atoms with Crippen LogP contribution in [0.5, 0.6) is 0 Å². The van der Waals surface area contributed by atoms with Crippen molar-refractivity contribution in [2.45, 2.75) is 20.4 Å². The quantitative estimate of drug-likeness (QED) is 0.727. The largest absolute Gasteiger partial charge is 0.465 e. The maximum absolute atomic E-state index is 11.9. The van der Waals surface area contributed by atoms with Crippen LogP contribution in [0, 0.1) is 13.8 Å². The average molecular weight is 302 g/mol. The minimum absolute atomic E-state index is 0.227. The third kappa shape index (κ3) is 2.18. The zero-order valence-electron chi connectivity index (χ0n) is 12.3. The number of hydrogen-bond donors (Lipinski definition) is 1. The highest BCUT2D eigenvalue weighted by Crippen LogP contribution is 2.22.